The molecule has 1 aliphatic rings. The van der Waals surface area contributed by atoms with Crippen molar-refractivity contribution in [2.24, 2.45) is 0 Å². The van der Waals surface area contributed by atoms with Gasteiger partial charge in [0.15, 0.2) is 0 Å². The van der Waals surface area contributed by atoms with Crippen LogP contribution in [0.4, 0.5) is 4.39 Å². The number of rotatable bonds is 2. The number of benzene rings is 2. The second-order valence-corrected chi connectivity index (χ2v) is 5.75. The molecule has 0 saturated carbocycles. The average Bonchev–Trinajstić information content (AvgIpc) is 2.94. The molecule has 0 spiro atoms. The lowest BCUT2D eigenvalue weighted by atomic mass is 10.0. The van der Waals surface area contributed by atoms with E-state index in [4.69, 9.17) is 0 Å². The summed E-state index contributed by atoms with van der Waals surface area (Å²) in [5.74, 6) is -0.881. The number of aliphatic hydroxyl groups excluding tert-OH is 1. The third-order valence-corrected chi connectivity index (χ3v) is 4.03. The zero-order valence-corrected chi connectivity index (χ0v) is 12.4. The molecule has 114 valence electrons. The topological polar surface area (TPSA) is 40.5 Å². The lowest BCUT2D eigenvalue weighted by Gasteiger charge is -2.16. The molecule has 0 aliphatic carbocycles. The van der Waals surface area contributed by atoms with Crippen molar-refractivity contribution in [1.82, 2.24) is 4.90 Å². The zero-order chi connectivity index (χ0) is 15.7. The maximum atomic E-state index is 14.3. The molecule has 0 unspecified atom stereocenters. The Balaban J connectivity index is 1.86. The summed E-state index contributed by atoms with van der Waals surface area (Å²) in [6.07, 6.45) is 0.0493. The first-order chi connectivity index (χ1) is 10.5. The van der Waals surface area contributed by atoms with Crippen LogP contribution in [0.1, 0.15) is 22.3 Å². The van der Waals surface area contributed by atoms with Crippen LogP contribution in [-0.4, -0.2) is 35.1 Å². The van der Waals surface area contributed by atoms with Crippen LogP contribution >= 0.6 is 0 Å². The summed E-state index contributed by atoms with van der Waals surface area (Å²) in [5.41, 5.74) is 2.86. The maximum Gasteiger partial charge on any atom is 0.256 e. The second kappa shape index (κ2) is 5.89. The van der Waals surface area contributed by atoms with Gasteiger partial charge in [-0.05, 0) is 36.6 Å². The van der Waals surface area contributed by atoms with E-state index in [-0.39, 0.29) is 18.0 Å². The molecule has 0 radical (unpaired) electrons. The van der Waals surface area contributed by atoms with Gasteiger partial charge in [-0.3, -0.25) is 4.79 Å². The molecule has 3 nitrogen and oxygen atoms in total. The van der Waals surface area contributed by atoms with E-state index in [9.17, 15) is 14.3 Å². The fraction of sp³-hybridized carbons (Fsp3) is 0.278. The van der Waals surface area contributed by atoms with E-state index in [0.717, 1.165) is 16.7 Å². The van der Waals surface area contributed by atoms with E-state index >= 15 is 0 Å². The van der Waals surface area contributed by atoms with Crippen molar-refractivity contribution in [2.45, 2.75) is 19.4 Å². The smallest absolute Gasteiger partial charge is 0.256 e. The molecule has 22 heavy (non-hydrogen) atoms. The summed E-state index contributed by atoms with van der Waals surface area (Å²) in [6.45, 7) is 2.74. The molecule has 1 saturated heterocycles. The summed E-state index contributed by atoms with van der Waals surface area (Å²) < 4.78 is 14.3. The highest BCUT2D eigenvalue weighted by atomic mass is 19.1. The van der Waals surface area contributed by atoms with Gasteiger partial charge in [0.2, 0.25) is 0 Å². The summed E-state index contributed by atoms with van der Waals surface area (Å²) in [4.78, 5) is 13.8. The number of hydrogen-bond acceptors (Lipinski definition) is 2. The summed E-state index contributed by atoms with van der Waals surface area (Å²) in [5, 5.41) is 9.49. The summed E-state index contributed by atoms with van der Waals surface area (Å²) in [7, 11) is 0. The Labute approximate surface area is 129 Å². The van der Waals surface area contributed by atoms with Crippen molar-refractivity contribution >= 4 is 5.91 Å². The predicted molar refractivity (Wildman–Crippen MR) is 83.1 cm³/mol. The first kappa shape index (κ1) is 14.7. The molecule has 1 heterocycles. The molecule has 2 aromatic carbocycles. The summed E-state index contributed by atoms with van der Waals surface area (Å²) >= 11 is 0. The molecular weight excluding hydrogens is 281 g/mol. The minimum atomic E-state index is -0.524. The molecule has 1 aliphatic heterocycles. The molecular formula is C18H18FNO2. The van der Waals surface area contributed by atoms with Crippen LogP contribution in [0.3, 0.4) is 0 Å². The second-order valence-electron chi connectivity index (χ2n) is 5.75. The highest BCUT2D eigenvalue weighted by Crippen LogP contribution is 2.24. The number of carbonyl (C=O) groups is 1. The van der Waals surface area contributed by atoms with Crippen molar-refractivity contribution < 1.29 is 14.3 Å². The molecule has 3 rings (SSSR count). The first-order valence-electron chi connectivity index (χ1n) is 7.38. The van der Waals surface area contributed by atoms with Gasteiger partial charge in [-0.2, -0.15) is 0 Å². The Morgan fingerprint density at radius 2 is 1.86 bits per heavy atom. The standard InChI is InChI=1S/C18H18FNO2/c1-12-2-4-13(5-3-12)14-6-7-16(17(19)10-14)18(22)20-9-8-15(21)11-20/h2-7,10,15,21H,8-9,11H2,1H3/t15-/m1/s1. The number of β-amino-alcohol motifs (C(OH)–C–C–N with tert-alkyl or cyclic N) is 1. The van der Waals surface area contributed by atoms with E-state index < -0.39 is 11.9 Å². The highest BCUT2D eigenvalue weighted by Gasteiger charge is 2.27. The van der Waals surface area contributed by atoms with Crippen LogP contribution in [0.15, 0.2) is 42.5 Å². The van der Waals surface area contributed by atoms with Crippen molar-refractivity contribution in [3.8, 4) is 11.1 Å². The Morgan fingerprint density at radius 3 is 2.45 bits per heavy atom. The number of halogens is 1. The monoisotopic (exact) mass is 299 g/mol. The third kappa shape index (κ3) is 2.88. The van der Waals surface area contributed by atoms with Gasteiger partial charge in [0.25, 0.3) is 5.91 Å². The molecule has 0 bridgehead atoms. The number of carbonyl (C=O) groups excluding carboxylic acids is 1. The lowest BCUT2D eigenvalue weighted by Crippen LogP contribution is -2.30. The number of aliphatic hydroxyl groups is 1. The fourth-order valence-corrected chi connectivity index (χ4v) is 2.71. The maximum absolute atomic E-state index is 14.3. The van der Waals surface area contributed by atoms with Crippen molar-refractivity contribution in [3.63, 3.8) is 0 Å². The van der Waals surface area contributed by atoms with E-state index in [2.05, 4.69) is 0 Å². The van der Waals surface area contributed by atoms with Crippen LogP contribution in [0, 0.1) is 12.7 Å². The normalized spacial score (nSPS) is 17.8. The Morgan fingerprint density at radius 1 is 1.18 bits per heavy atom. The van der Waals surface area contributed by atoms with Gasteiger partial charge in [-0.1, -0.05) is 35.9 Å². The molecule has 1 amide bonds. The molecule has 1 fully saturated rings. The van der Waals surface area contributed by atoms with E-state index in [1.165, 1.54) is 17.0 Å². The van der Waals surface area contributed by atoms with Gasteiger partial charge in [0.1, 0.15) is 5.82 Å². The summed E-state index contributed by atoms with van der Waals surface area (Å²) in [6, 6.07) is 12.5. The largest absolute Gasteiger partial charge is 0.391 e. The highest BCUT2D eigenvalue weighted by molar-refractivity contribution is 5.95. The zero-order valence-electron chi connectivity index (χ0n) is 12.4. The average molecular weight is 299 g/mol. The van der Waals surface area contributed by atoms with Crippen LogP contribution in [0.2, 0.25) is 0 Å². The third-order valence-electron chi connectivity index (χ3n) is 4.03. The van der Waals surface area contributed by atoms with Gasteiger partial charge in [0, 0.05) is 13.1 Å². The minimum absolute atomic E-state index is 0.0601. The van der Waals surface area contributed by atoms with E-state index in [1.807, 2.05) is 31.2 Å². The predicted octanol–water partition coefficient (Wildman–Crippen LogP) is 3.01. The number of amides is 1. The Kier molecular flexibility index (Phi) is 3.94. The first-order valence-corrected chi connectivity index (χ1v) is 7.38. The number of likely N-dealkylation sites (tertiary alicyclic amines) is 1. The molecule has 2 aromatic rings. The van der Waals surface area contributed by atoms with Crippen LogP contribution < -0.4 is 0 Å². The SMILES string of the molecule is Cc1ccc(-c2ccc(C(=O)N3CC[C@@H](O)C3)c(F)c2)cc1. The quantitative estimate of drug-likeness (QED) is 0.926. The van der Waals surface area contributed by atoms with Gasteiger partial charge in [-0.25, -0.2) is 4.39 Å². The van der Waals surface area contributed by atoms with Crippen LogP contribution in [0.5, 0.6) is 0 Å². The molecule has 4 heteroatoms. The lowest BCUT2D eigenvalue weighted by molar-refractivity contribution is 0.0760. The number of hydrogen-bond donors (Lipinski definition) is 1. The van der Waals surface area contributed by atoms with Gasteiger partial charge in [0.05, 0.1) is 11.7 Å². The Bertz CT molecular complexity index is 697. The van der Waals surface area contributed by atoms with E-state index in [1.54, 1.807) is 6.07 Å². The van der Waals surface area contributed by atoms with Crippen molar-refractivity contribution in [2.75, 3.05) is 13.1 Å². The van der Waals surface area contributed by atoms with Crippen LogP contribution in [0.25, 0.3) is 11.1 Å². The fourth-order valence-electron chi connectivity index (χ4n) is 2.71. The number of aryl methyl sites for hydroxylation is 1. The molecule has 1 atom stereocenters. The van der Waals surface area contributed by atoms with Crippen molar-refractivity contribution in [1.29, 1.82) is 0 Å². The van der Waals surface area contributed by atoms with Gasteiger partial charge >= 0.3 is 0 Å². The molecule has 0 aromatic heterocycles. The molecule has 1 N–H and O–H groups in total. The van der Waals surface area contributed by atoms with Gasteiger partial charge in [-0.15, -0.1) is 0 Å². The van der Waals surface area contributed by atoms with Crippen molar-refractivity contribution in [3.05, 3.63) is 59.4 Å². The minimum Gasteiger partial charge on any atom is -0.391 e. The van der Waals surface area contributed by atoms with E-state index in [0.29, 0.717) is 13.0 Å². The Hall–Kier alpha value is -2.20. The van der Waals surface area contributed by atoms with Crippen LogP contribution in [-0.2, 0) is 0 Å². The number of nitrogens with zero attached hydrogens (tertiary/aromatic N) is 1. The van der Waals surface area contributed by atoms with Gasteiger partial charge < -0.3 is 10.0 Å².